The van der Waals surface area contributed by atoms with E-state index >= 15 is 0 Å². The quantitative estimate of drug-likeness (QED) is 0.573. The number of rotatable bonds is 4. The van der Waals surface area contributed by atoms with E-state index in [0.717, 1.165) is 4.31 Å². The molecule has 1 atom stereocenters. The largest absolute Gasteiger partial charge is 0.484 e. The van der Waals surface area contributed by atoms with Crippen molar-refractivity contribution in [2.24, 2.45) is 0 Å². The normalized spacial score (nSPS) is 16.3. The van der Waals surface area contributed by atoms with Crippen LogP contribution in [-0.4, -0.2) is 49.5 Å². The van der Waals surface area contributed by atoms with E-state index in [2.05, 4.69) is 26.2 Å². The molecule has 0 spiro atoms. The van der Waals surface area contributed by atoms with Crippen LogP contribution in [0.1, 0.15) is 20.8 Å². The van der Waals surface area contributed by atoms with Gasteiger partial charge in [-0.3, -0.25) is 9.62 Å². The number of amides is 1. The number of nitrogens with zero attached hydrogens (tertiary/aromatic N) is 2. The van der Waals surface area contributed by atoms with Crippen LogP contribution in [0.3, 0.4) is 0 Å². The molecule has 31 heavy (non-hydrogen) atoms. The molecule has 1 amide bonds. The number of fused-ring (bicyclic) bond motifs is 1. The number of ether oxygens (including phenoxy) is 2. The van der Waals surface area contributed by atoms with E-state index in [1.165, 1.54) is 24.4 Å². The highest BCUT2D eigenvalue weighted by atomic mass is 79.9. The van der Waals surface area contributed by atoms with Gasteiger partial charge in [0.05, 0.1) is 18.8 Å². The van der Waals surface area contributed by atoms with Crippen molar-refractivity contribution in [3.05, 3.63) is 40.1 Å². The van der Waals surface area contributed by atoms with Gasteiger partial charge in [-0.1, -0.05) is 11.6 Å². The lowest BCUT2D eigenvalue weighted by Crippen LogP contribution is -2.45. The Morgan fingerprint density at radius 3 is 2.77 bits per heavy atom. The van der Waals surface area contributed by atoms with Gasteiger partial charge >= 0.3 is 6.09 Å². The third-order valence-corrected chi connectivity index (χ3v) is 6.72. The Morgan fingerprint density at radius 1 is 1.42 bits per heavy atom. The maximum atomic E-state index is 13.4. The Morgan fingerprint density at radius 2 is 2.13 bits per heavy atom. The van der Waals surface area contributed by atoms with Crippen LogP contribution < -0.4 is 14.4 Å². The molecule has 168 valence electrons. The molecule has 1 aliphatic heterocycles. The molecule has 0 unspecified atom stereocenters. The van der Waals surface area contributed by atoms with Gasteiger partial charge in [-0.2, -0.15) is 0 Å². The van der Waals surface area contributed by atoms with Gasteiger partial charge < -0.3 is 14.6 Å². The van der Waals surface area contributed by atoms with E-state index < -0.39 is 34.4 Å². The molecule has 2 heterocycles. The highest BCUT2D eigenvalue weighted by Gasteiger charge is 2.36. The third kappa shape index (κ3) is 5.40. The summed E-state index contributed by atoms with van der Waals surface area (Å²) in [5.41, 5.74) is -0.220. The predicted octanol–water partition coefficient (Wildman–Crippen LogP) is 3.79. The smallest absolute Gasteiger partial charge is 0.412 e. The van der Waals surface area contributed by atoms with Crippen molar-refractivity contribution in [2.45, 2.75) is 37.4 Å². The second-order valence-corrected chi connectivity index (χ2v) is 10.8. The molecule has 3 rings (SSSR count). The minimum atomic E-state index is -4.17. The highest BCUT2D eigenvalue weighted by Crippen LogP contribution is 2.40. The van der Waals surface area contributed by atoms with Gasteiger partial charge in [0.1, 0.15) is 27.5 Å². The van der Waals surface area contributed by atoms with Crippen LogP contribution in [0.2, 0.25) is 5.15 Å². The number of aliphatic hydroxyl groups excluding tert-OH is 1. The number of sulfonamides is 1. The minimum absolute atomic E-state index is 0.162. The van der Waals surface area contributed by atoms with Gasteiger partial charge in [0.15, 0.2) is 0 Å². The molecule has 0 bridgehead atoms. The van der Waals surface area contributed by atoms with Gasteiger partial charge in [-0.15, -0.1) is 0 Å². The molecule has 1 aromatic heterocycles. The van der Waals surface area contributed by atoms with E-state index in [9.17, 15) is 18.3 Å². The lowest BCUT2D eigenvalue weighted by atomic mass is 10.2. The van der Waals surface area contributed by atoms with E-state index in [1.807, 2.05) is 0 Å². The second kappa shape index (κ2) is 8.81. The first-order valence-electron chi connectivity index (χ1n) is 9.16. The van der Waals surface area contributed by atoms with Crippen molar-refractivity contribution < 1.29 is 27.8 Å². The van der Waals surface area contributed by atoms with Crippen molar-refractivity contribution in [1.29, 1.82) is 0 Å². The fourth-order valence-electron chi connectivity index (χ4n) is 2.84. The number of benzene rings is 1. The highest BCUT2D eigenvalue weighted by molar-refractivity contribution is 9.10. The van der Waals surface area contributed by atoms with Crippen LogP contribution in [0.15, 0.2) is 39.8 Å². The average Bonchev–Trinajstić information content (AvgIpc) is 2.67. The van der Waals surface area contributed by atoms with Gasteiger partial charge in [-0.05, 0) is 61.0 Å². The molecule has 1 aromatic carbocycles. The van der Waals surface area contributed by atoms with Crippen LogP contribution >= 0.6 is 27.5 Å². The number of nitrogens with one attached hydrogen (secondary N) is 1. The Labute approximate surface area is 193 Å². The summed E-state index contributed by atoms with van der Waals surface area (Å²) in [6.07, 6.45) is -0.0922. The predicted molar refractivity (Wildman–Crippen MR) is 119 cm³/mol. The Hall–Kier alpha value is -2.08. The van der Waals surface area contributed by atoms with E-state index in [-0.39, 0.29) is 28.0 Å². The van der Waals surface area contributed by atoms with Gasteiger partial charge in [-0.25, -0.2) is 18.2 Å². The fraction of sp³-hybridized carbons (Fsp3) is 0.368. The number of aromatic nitrogens is 1. The molecule has 2 aromatic rings. The van der Waals surface area contributed by atoms with Crippen molar-refractivity contribution in [3.63, 3.8) is 0 Å². The summed E-state index contributed by atoms with van der Waals surface area (Å²) in [6, 6.07) is 5.84. The third-order valence-electron chi connectivity index (χ3n) is 4.08. The van der Waals surface area contributed by atoms with Crippen LogP contribution in [-0.2, 0) is 14.8 Å². The molecule has 9 nitrogen and oxygen atoms in total. The zero-order valence-electron chi connectivity index (χ0n) is 16.9. The van der Waals surface area contributed by atoms with Crippen molar-refractivity contribution >= 4 is 55.0 Å². The van der Waals surface area contributed by atoms with Crippen LogP contribution in [0.25, 0.3) is 0 Å². The summed E-state index contributed by atoms with van der Waals surface area (Å²) in [6.45, 7) is 4.63. The summed E-state index contributed by atoms with van der Waals surface area (Å²) < 4.78 is 39.3. The van der Waals surface area contributed by atoms with Crippen LogP contribution in [0, 0.1) is 0 Å². The average molecular weight is 535 g/mol. The Balaban J connectivity index is 2.03. The van der Waals surface area contributed by atoms with Crippen molar-refractivity contribution in [2.75, 3.05) is 22.8 Å². The molecular weight excluding hydrogens is 514 g/mol. The molecule has 2 N–H and O–H groups in total. The Kier molecular flexibility index (Phi) is 6.70. The van der Waals surface area contributed by atoms with Gasteiger partial charge in [0, 0.05) is 16.4 Å². The first-order valence-corrected chi connectivity index (χ1v) is 11.8. The number of carbonyl (C=O) groups excluding carboxylic acids is 1. The summed E-state index contributed by atoms with van der Waals surface area (Å²) in [5.74, 6) is 0.225. The molecular formula is C19H21BrClN3O6S. The molecule has 0 saturated heterocycles. The fourth-order valence-corrected chi connectivity index (χ4v) is 5.26. The van der Waals surface area contributed by atoms with E-state index in [1.54, 1.807) is 26.8 Å². The summed E-state index contributed by atoms with van der Waals surface area (Å²) in [7, 11) is -4.17. The number of pyridine rings is 1. The number of halogens is 2. The van der Waals surface area contributed by atoms with Crippen LogP contribution in [0.4, 0.5) is 16.2 Å². The molecule has 0 saturated carbocycles. The van der Waals surface area contributed by atoms with E-state index in [0.29, 0.717) is 10.2 Å². The maximum Gasteiger partial charge on any atom is 0.412 e. The SMILES string of the molecule is CC(C)(C)OC(=O)Nc1ccc2c(c1)N(S(=O)(=O)c1cc(Br)cnc1Cl)C[C@H](CO)O2. The zero-order chi connectivity index (χ0) is 23.0. The molecule has 12 heteroatoms. The number of hydrogen-bond donors (Lipinski definition) is 2. The van der Waals surface area contributed by atoms with E-state index in [4.69, 9.17) is 21.1 Å². The maximum absolute atomic E-state index is 13.4. The first-order chi connectivity index (χ1) is 14.4. The number of aliphatic hydroxyl groups is 1. The zero-order valence-corrected chi connectivity index (χ0v) is 20.1. The topological polar surface area (TPSA) is 118 Å². The first kappa shape index (κ1) is 23.6. The number of anilines is 2. The van der Waals surface area contributed by atoms with Gasteiger partial charge in [0.25, 0.3) is 10.0 Å². The summed E-state index contributed by atoms with van der Waals surface area (Å²) >= 11 is 9.27. The van der Waals surface area contributed by atoms with Crippen LogP contribution in [0.5, 0.6) is 5.75 Å². The monoisotopic (exact) mass is 533 g/mol. The lowest BCUT2D eigenvalue weighted by molar-refractivity contribution is 0.0636. The Bertz CT molecular complexity index is 1110. The summed E-state index contributed by atoms with van der Waals surface area (Å²) in [5, 5.41) is 12.0. The lowest BCUT2D eigenvalue weighted by Gasteiger charge is -2.35. The number of carbonyl (C=O) groups is 1. The van der Waals surface area contributed by atoms with Gasteiger partial charge in [0.2, 0.25) is 0 Å². The molecule has 1 aliphatic rings. The molecule has 0 fully saturated rings. The van der Waals surface area contributed by atoms with Crippen molar-refractivity contribution in [1.82, 2.24) is 4.98 Å². The standard InChI is InChI=1S/C19H21BrClN3O6S/c1-19(2,3)30-18(26)23-12-4-5-15-14(7-12)24(9-13(10-25)29-15)31(27,28)16-6-11(20)8-22-17(16)21/h4-8,13,25H,9-10H2,1-3H3,(H,23,26)/t13-/m1/s1. The molecule has 0 radical (unpaired) electrons. The molecule has 0 aliphatic carbocycles. The summed E-state index contributed by atoms with van der Waals surface area (Å²) in [4.78, 5) is 15.8. The number of hydrogen-bond acceptors (Lipinski definition) is 7. The van der Waals surface area contributed by atoms with Crippen molar-refractivity contribution in [3.8, 4) is 5.75 Å². The minimum Gasteiger partial charge on any atom is -0.484 e. The second-order valence-electron chi connectivity index (χ2n) is 7.71.